The van der Waals surface area contributed by atoms with Gasteiger partial charge in [0, 0.05) is 6.07 Å². The summed E-state index contributed by atoms with van der Waals surface area (Å²) in [7, 11) is 3.18. The fourth-order valence-electron chi connectivity index (χ4n) is 2.88. The Balaban J connectivity index is 1.64. The van der Waals surface area contributed by atoms with E-state index < -0.39 is 0 Å². The fraction of sp³-hybridized carbons (Fsp3) is 0.200. The summed E-state index contributed by atoms with van der Waals surface area (Å²) in [5.41, 5.74) is 3.26. The van der Waals surface area contributed by atoms with Crippen molar-refractivity contribution in [1.29, 1.82) is 0 Å². The summed E-state index contributed by atoms with van der Waals surface area (Å²) in [5.74, 6) is 1.98. The quantitative estimate of drug-likeness (QED) is 0.509. The number of nitrogens with zero attached hydrogens (tertiary/aromatic N) is 5. The lowest BCUT2D eigenvalue weighted by atomic mass is 10.2. The van der Waals surface area contributed by atoms with Crippen LogP contribution in [0.4, 0.5) is 0 Å². The van der Waals surface area contributed by atoms with Crippen molar-refractivity contribution in [2.75, 3.05) is 14.2 Å². The zero-order valence-corrected chi connectivity index (χ0v) is 15.8. The van der Waals surface area contributed by atoms with Gasteiger partial charge in [-0.2, -0.15) is 4.98 Å². The Morgan fingerprint density at radius 2 is 1.86 bits per heavy atom. The molecule has 0 aliphatic rings. The van der Waals surface area contributed by atoms with E-state index in [2.05, 4.69) is 20.5 Å². The molecule has 0 fully saturated rings. The first-order chi connectivity index (χ1) is 13.7. The van der Waals surface area contributed by atoms with Gasteiger partial charge in [0.15, 0.2) is 5.69 Å². The molecule has 8 nitrogen and oxygen atoms in total. The number of benzene rings is 2. The monoisotopic (exact) mass is 377 g/mol. The summed E-state index contributed by atoms with van der Waals surface area (Å²) in [6, 6.07) is 15.5. The maximum Gasteiger partial charge on any atom is 0.262 e. The Hall–Kier alpha value is -3.68. The molecule has 0 aliphatic carbocycles. The van der Waals surface area contributed by atoms with Crippen molar-refractivity contribution in [3.05, 3.63) is 59.8 Å². The number of hydrogen-bond acceptors (Lipinski definition) is 7. The Kier molecular flexibility index (Phi) is 4.76. The molecule has 0 saturated heterocycles. The van der Waals surface area contributed by atoms with E-state index in [0.717, 1.165) is 11.3 Å². The predicted octanol–water partition coefficient (Wildman–Crippen LogP) is 3.37. The van der Waals surface area contributed by atoms with Gasteiger partial charge in [-0.3, -0.25) is 0 Å². The lowest BCUT2D eigenvalue weighted by molar-refractivity contribution is 0.391. The van der Waals surface area contributed by atoms with Crippen LogP contribution in [0.2, 0.25) is 0 Å². The predicted molar refractivity (Wildman–Crippen MR) is 102 cm³/mol. The third-order valence-electron chi connectivity index (χ3n) is 4.43. The highest BCUT2D eigenvalue weighted by molar-refractivity contribution is 5.66. The maximum atomic E-state index is 5.44. The van der Waals surface area contributed by atoms with Crippen molar-refractivity contribution in [3.63, 3.8) is 0 Å². The van der Waals surface area contributed by atoms with Gasteiger partial charge >= 0.3 is 0 Å². The minimum absolute atomic E-state index is 0.339. The van der Waals surface area contributed by atoms with E-state index in [1.54, 1.807) is 20.3 Å². The first-order valence-corrected chi connectivity index (χ1v) is 8.70. The Morgan fingerprint density at radius 1 is 1.04 bits per heavy atom. The number of rotatable bonds is 6. The molecule has 8 heteroatoms. The zero-order chi connectivity index (χ0) is 19.5. The van der Waals surface area contributed by atoms with E-state index in [-0.39, 0.29) is 0 Å². The molecule has 2 aromatic heterocycles. The number of aromatic nitrogens is 5. The van der Waals surface area contributed by atoms with Crippen LogP contribution in [0.5, 0.6) is 11.5 Å². The van der Waals surface area contributed by atoms with E-state index in [1.807, 2.05) is 54.1 Å². The smallest absolute Gasteiger partial charge is 0.262 e. The molecular weight excluding hydrogens is 358 g/mol. The summed E-state index contributed by atoms with van der Waals surface area (Å²) < 4.78 is 17.9. The molecule has 142 valence electrons. The second-order valence-electron chi connectivity index (χ2n) is 6.16. The van der Waals surface area contributed by atoms with Gasteiger partial charge in [-0.1, -0.05) is 40.7 Å². The zero-order valence-electron chi connectivity index (χ0n) is 15.8. The topological polar surface area (TPSA) is 88.1 Å². The van der Waals surface area contributed by atoms with Crippen molar-refractivity contribution >= 4 is 0 Å². The number of methoxy groups -OCH3 is 2. The van der Waals surface area contributed by atoms with Gasteiger partial charge in [-0.25, -0.2) is 4.68 Å². The molecule has 0 aliphatic heterocycles. The second-order valence-corrected chi connectivity index (χ2v) is 6.16. The molecule has 0 saturated carbocycles. The van der Waals surface area contributed by atoms with Crippen LogP contribution in [0.15, 0.2) is 53.1 Å². The summed E-state index contributed by atoms with van der Waals surface area (Å²) in [6.45, 7) is 2.55. The van der Waals surface area contributed by atoms with E-state index >= 15 is 0 Å². The molecule has 4 aromatic rings. The summed E-state index contributed by atoms with van der Waals surface area (Å²) >= 11 is 0. The van der Waals surface area contributed by atoms with E-state index in [4.69, 9.17) is 14.0 Å². The highest BCUT2D eigenvalue weighted by Gasteiger charge is 2.20. The summed E-state index contributed by atoms with van der Waals surface area (Å²) in [5, 5.41) is 12.5. The first kappa shape index (κ1) is 17.7. The van der Waals surface area contributed by atoms with Crippen LogP contribution in [0.25, 0.3) is 23.0 Å². The van der Waals surface area contributed by atoms with Crippen LogP contribution in [-0.4, -0.2) is 39.4 Å². The largest absolute Gasteiger partial charge is 0.497 e. The van der Waals surface area contributed by atoms with Gasteiger partial charge in [0.25, 0.3) is 5.89 Å². The van der Waals surface area contributed by atoms with E-state index in [1.165, 1.54) is 0 Å². The van der Waals surface area contributed by atoms with E-state index in [9.17, 15) is 0 Å². The molecule has 4 rings (SSSR count). The molecule has 0 radical (unpaired) electrons. The average Bonchev–Trinajstić information content (AvgIpc) is 3.35. The third kappa shape index (κ3) is 3.32. The van der Waals surface area contributed by atoms with Crippen LogP contribution < -0.4 is 9.47 Å². The minimum Gasteiger partial charge on any atom is -0.497 e. The molecule has 0 amide bonds. The molecule has 0 spiro atoms. The molecule has 0 N–H and O–H groups in total. The summed E-state index contributed by atoms with van der Waals surface area (Å²) in [4.78, 5) is 4.48. The van der Waals surface area contributed by atoms with Crippen LogP contribution in [0.3, 0.4) is 0 Å². The summed E-state index contributed by atoms with van der Waals surface area (Å²) in [6.07, 6.45) is 0. The fourth-order valence-corrected chi connectivity index (χ4v) is 2.88. The SMILES string of the molecule is COc1ccc(-c2nc(-c3nnn(Cc4ccccc4)c3C)no2)c(OC)c1. The lowest BCUT2D eigenvalue weighted by Crippen LogP contribution is -2.03. The molecule has 2 heterocycles. The highest BCUT2D eigenvalue weighted by atomic mass is 16.5. The van der Waals surface area contributed by atoms with Crippen molar-refractivity contribution < 1.29 is 14.0 Å². The second kappa shape index (κ2) is 7.51. The third-order valence-corrected chi connectivity index (χ3v) is 4.43. The van der Waals surface area contributed by atoms with Crippen LogP contribution in [0.1, 0.15) is 11.3 Å². The Bertz CT molecular complexity index is 1090. The highest BCUT2D eigenvalue weighted by Crippen LogP contribution is 2.33. The minimum atomic E-state index is 0.339. The van der Waals surface area contributed by atoms with Crippen LogP contribution in [0, 0.1) is 6.92 Å². The molecule has 28 heavy (non-hydrogen) atoms. The maximum absolute atomic E-state index is 5.44. The van der Waals surface area contributed by atoms with Crippen LogP contribution >= 0.6 is 0 Å². The van der Waals surface area contributed by atoms with Gasteiger partial charge in [0.1, 0.15) is 11.5 Å². The van der Waals surface area contributed by atoms with Gasteiger partial charge in [-0.05, 0) is 24.6 Å². The molecule has 2 aromatic carbocycles. The first-order valence-electron chi connectivity index (χ1n) is 8.70. The van der Waals surface area contributed by atoms with Crippen molar-refractivity contribution in [2.24, 2.45) is 0 Å². The lowest BCUT2D eigenvalue weighted by Gasteiger charge is -2.06. The Morgan fingerprint density at radius 3 is 2.61 bits per heavy atom. The average molecular weight is 377 g/mol. The van der Waals surface area contributed by atoms with E-state index in [0.29, 0.717) is 41.0 Å². The van der Waals surface area contributed by atoms with Gasteiger partial charge in [0.05, 0.1) is 32.0 Å². The van der Waals surface area contributed by atoms with Gasteiger partial charge in [0.2, 0.25) is 5.82 Å². The van der Waals surface area contributed by atoms with Crippen molar-refractivity contribution in [2.45, 2.75) is 13.5 Å². The van der Waals surface area contributed by atoms with Crippen molar-refractivity contribution in [3.8, 4) is 34.5 Å². The molecule has 0 bridgehead atoms. The number of ether oxygens (including phenoxy) is 2. The standard InChI is InChI=1S/C20H19N5O3/c1-13-18(22-24-25(13)12-14-7-5-4-6-8-14)19-21-20(28-23-19)16-10-9-15(26-2)11-17(16)27-3/h4-11H,12H2,1-3H3. The van der Waals surface area contributed by atoms with Gasteiger partial charge < -0.3 is 14.0 Å². The van der Waals surface area contributed by atoms with Gasteiger partial charge in [-0.15, -0.1) is 5.10 Å². The number of hydrogen-bond donors (Lipinski definition) is 0. The normalized spacial score (nSPS) is 10.8. The van der Waals surface area contributed by atoms with Crippen molar-refractivity contribution in [1.82, 2.24) is 25.1 Å². The molecule has 0 atom stereocenters. The molecule has 0 unspecified atom stereocenters. The molecular formula is C20H19N5O3. The van der Waals surface area contributed by atoms with Crippen LogP contribution in [-0.2, 0) is 6.54 Å². The Labute approximate surface area is 161 Å².